The van der Waals surface area contributed by atoms with Crippen LogP contribution in [0.5, 0.6) is 5.75 Å². The normalized spacial score (nSPS) is 10.7. The van der Waals surface area contributed by atoms with Crippen LogP contribution in [-0.2, 0) is 0 Å². The van der Waals surface area contributed by atoms with Crippen LogP contribution in [-0.4, -0.2) is 38.4 Å². The summed E-state index contributed by atoms with van der Waals surface area (Å²) >= 11 is 1.16. The Morgan fingerprint density at radius 2 is 2.25 bits per heavy atom. The zero-order valence-electron chi connectivity index (χ0n) is 12.2. The van der Waals surface area contributed by atoms with E-state index in [1.807, 2.05) is 0 Å². The number of phenolic OH excluding ortho intramolecular Hbond substituents is 1. The number of thioether (sulfide) groups is 1. The van der Waals surface area contributed by atoms with Crippen LogP contribution in [0.25, 0.3) is 0 Å². The number of aromatic nitrogens is 2. The van der Waals surface area contributed by atoms with Crippen LogP contribution in [0.4, 0.5) is 5.69 Å². The van der Waals surface area contributed by atoms with E-state index in [0.29, 0.717) is 0 Å². The van der Waals surface area contributed by atoms with E-state index in [1.165, 1.54) is 0 Å². The molecule has 0 bridgehead atoms. The van der Waals surface area contributed by atoms with Gasteiger partial charge in [0.2, 0.25) is 0 Å². The predicted molar refractivity (Wildman–Crippen MR) is 86.5 cm³/mol. The molecule has 0 fully saturated rings. The standard InChI is InChI=1S/C13H11N5O5S/c1-24-13-15-9(5-11(20)16-13)12(21)17-14-6-7-4-8(18(22)23)2-3-10(7)19/h2-6,19H,1H3,(H,17,21)(H,15,16,20). The number of non-ortho nitro benzene ring substituents is 1. The van der Waals surface area contributed by atoms with Crippen molar-refractivity contribution < 1.29 is 14.8 Å². The first-order valence-electron chi connectivity index (χ1n) is 6.37. The van der Waals surface area contributed by atoms with E-state index >= 15 is 0 Å². The summed E-state index contributed by atoms with van der Waals surface area (Å²) in [6, 6.07) is 4.39. The number of H-pyrrole nitrogens is 1. The van der Waals surface area contributed by atoms with E-state index in [4.69, 9.17) is 0 Å². The monoisotopic (exact) mass is 349 g/mol. The second-order valence-electron chi connectivity index (χ2n) is 4.34. The summed E-state index contributed by atoms with van der Waals surface area (Å²) < 4.78 is 0. The van der Waals surface area contributed by atoms with Gasteiger partial charge in [0, 0.05) is 23.8 Å². The number of rotatable bonds is 5. The Morgan fingerprint density at radius 3 is 2.92 bits per heavy atom. The van der Waals surface area contributed by atoms with Gasteiger partial charge in [0.05, 0.1) is 11.1 Å². The van der Waals surface area contributed by atoms with Crippen molar-refractivity contribution in [3.05, 3.63) is 56.0 Å². The van der Waals surface area contributed by atoms with Crippen LogP contribution >= 0.6 is 11.8 Å². The van der Waals surface area contributed by atoms with Gasteiger partial charge < -0.3 is 10.1 Å². The fourth-order valence-electron chi connectivity index (χ4n) is 1.62. The maximum Gasteiger partial charge on any atom is 0.290 e. The molecule has 10 nitrogen and oxygen atoms in total. The fraction of sp³-hybridized carbons (Fsp3) is 0.0769. The Morgan fingerprint density at radius 1 is 1.50 bits per heavy atom. The molecule has 1 aromatic carbocycles. The molecule has 2 aromatic rings. The Balaban J connectivity index is 2.16. The van der Waals surface area contributed by atoms with Crippen LogP contribution in [0.1, 0.15) is 16.1 Å². The molecule has 1 heterocycles. The Kier molecular flexibility index (Phi) is 5.27. The van der Waals surface area contributed by atoms with E-state index in [2.05, 4.69) is 20.5 Å². The summed E-state index contributed by atoms with van der Waals surface area (Å²) in [5.41, 5.74) is 1.32. The molecule has 0 atom stereocenters. The summed E-state index contributed by atoms with van der Waals surface area (Å²) in [5.74, 6) is -0.977. The summed E-state index contributed by atoms with van der Waals surface area (Å²) in [4.78, 5) is 39.7. The number of aromatic amines is 1. The molecule has 2 rings (SSSR count). The summed E-state index contributed by atoms with van der Waals surface area (Å²) in [6.45, 7) is 0. The van der Waals surface area contributed by atoms with Crippen molar-refractivity contribution in [2.75, 3.05) is 6.26 Å². The maximum absolute atomic E-state index is 11.9. The van der Waals surface area contributed by atoms with Gasteiger partial charge in [-0.2, -0.15) is 5.10 Å². The number of nitro benzene ring substituents is 1. The molecular weight excluding hydrogens is 338 g/mol. The number of hydrazone groups is 1. The number of carbonyl (C=O) groups is 1. The van der Waals surface area contributed by atoms with Crippen LogP contribution in [0.3, 0.4) is 0 Å². The number of phenols is 1. The number of carbonyl (C=O) groups excluding carboxylic acids is 1. The lowest BCUT2D eigenvalue weighted by Gasteiger charge is -2.01. The van der Waals surface area contributed by atoms with Crippen molar-refractivity contribution in [3.8, 4) is 5.75 Å². The molecule has 11 heteroatoms. The van der Waals surface area contributed by atoms with Crippen LogP contribution < -0.4 is 11.0 Å². The third-order valence-corrected chi connectivity index (χ3v) is 3.32. The number of nitro groups is 1. The number of benzene rings is 1. The van der Waals surface area contributed by atoms with Gasteiger partial charge in [0.25, 0.3) is 17.2 Å². The Bertz CT molecular complexity index is 879. The van der Waals surface area contributed by atoms with E-state index in [0.717, 1.165) is 42.2 Å². The minimum atomic E-state index is -0.738. The average molecular weight is 349 g/mol. The number of aromatic hydroxyl groups is 1. The summed E-state index contributed by atoms with van der Waals surface area (Å²) in [5, 5.41) is 24.2. The van der Waals surface area contributed by atoms with Crippen molar-refractivity contribution in [2.45, 2.75) is 5.16 Å². The minimum absolute atomic E-state index is 0.0492. The summed E-state index contributed by atoms with van der Waals surface area (Å²) in [6.07, 6.45) is 2.73. The first-order valence-corrected chi connectivity index (χ1v) is 7.59. The number of nitrogens with one attached hydrogen (secondary N) is 2. The van der Waals surface area contributed by atoms with Gasteiger partial charge in [0.15, 0.2) is 5.16 Å². The SMILES string of the molecule is CSc1nc(C(=O)NN=Cc2cc([N+](=O)[O-])ccc2O)cc(=O)[nH]1. The molecule has 0 aliphatic heterocycles. The quantitative estimate of drug-likeness (QED) is 0.238. The molecule has 0 aliphatic rings. The molecule has 1 amide bonds. The maximum atomic E-state index is 11.9. The molecule has 1 aromatic heterocycles. The van der Waals surface area contributed by atoms with Gasteiger partial charge in [-0.3, -0.25) is 19.7 Å². The highest BCUT2D eigenvalue weighted by atomic mass is 32.2. The lowest BCUT2D eigenvalue weighted by molar-refractivity contribution is -0.384. The van der Waals surface area contributed by atoms with E-state index in [-0.39, 0.29) is 27.9 Å². The number of amides is 1. The van der Waals surface area contributed by atoms with Crippen LogP contribution in [0.15, 0.2) is 39.3 Å². The second kappa shape index (κ2) is 7.37. The van der Waals surface area contributed by atoms with Crippen LogP contribution in [0, 0.1) is 10.1 Å². The third kappa shape index (κ3) is 4.16. The van der Waals surface area contributed by atoms with Crippen molar-refractivity contribution >= 4 is 29.6 Å². The number of hydrogen-bond acceptors (Lipinski definition) is 8. The largest absolute Gasteiger partial charge is 0.507 e. The van der Waals surface area contributed by atoms with Crippen molar-refractivity contribution in [1.29, 1.82) is 0 Å². The lowest BCUT2D eigenvalue weighted by Crippen LogP contribution is -2.22. The highest BCUT2D eigenvalue weighted by molar-refractivity contribution is 7.98. The predicted octanol–water partition coefficient (Wildman–Crippen LogP) is 0.869. The first-order chi connectivity index (χ1) is 11.4. The smallest absolute Gasteiger partial charge is 0.290 e. The van der Waals surface area contributed by atoms with Crippen molar-refractivity contribution in [2.24, 2.45) is 5.10 Å². The molecule has 124 valence electrons. The van der Waals surface area contributed by atoms with Crippen molar-refractivity contribution in [3.63, 3.8) is 0 Å². The minimum Gasteiger partial charge on any atom is -0.507 e. The van der Waals surface area contributed by atoms with Gasteiger partial charge in [-0.1, -0.05) is 11.8 Å². The van der Waals surface area contributed by atoms with E-state index < -0.39 is 16.4 Å². The molecule has 24 heavy (non-hydrogen) atoms. The molecular formula is C13H11N5O5S. The van der Waals surface area contributed by atoms with Gasteiger partial charge in [-0.25, -0.2) is 10.4 Å². The zero-order valence-corrected chi connectivity index (χ0v) is 13.0. The average Bonchev–Trinajstić information content (AvgIpc) is 2.55. The molecule has 0 unspecified atom stereocenters. The second-order valence-corrected chi connectivity index (χ2v) is 5.13. The Hall–Kier alpha value is -3.21. The highest BCUT2D eigenvalue weighted by Crippen LogP contribution is 2.21. The fourth-order valence-corrected chi connectivity index (χ4v) is 2.02. The molecule has 0 saturated carbocycles. The van der Waals surface area contributed by atoms with Gasteiger partial charge in [0.1, 0.15) is 11.4 Å². The molecule has 0 radical (unpaired) electrons. The number of nitrogens with zero attached hydrogens (tertiary/aromatic N) is 3. The van der Waals surface area contributed by atoms with Crippen LogP contribution in [0.2, 0.25) is 0 Å². The molecule has 0 aliphatic carbocycles. The zero-order chi connectivity index (χ0) is 17.7. The van der Waals surface area contributed by atoms with Gasteiger partial charge in [-0.15, -0.1) is 0 Å². The van der Waals surface area contributed by atoms with E-state index in [1.54, 1.807) is 6.26 Å². The topological polar surface area (TPSA) is 151 Å². The van der Waals surface area contributed by atoms with Gasteiger partial charge in [-0.05, 0) is 12.3 Å². The first kappa shape index (κ1) is 17.1. The third-order valence-electron chi connectivity index (χ3n) is 2.74. The number of hydrogen-bond donors (Lipinski definition) is 3. The molecule has 0 spiro atoms. The molecule has 3 N–H and O–H groups in total. The van der Waals surface area contributed by atoms with Crippen molar-refractivity contribution in [1.82, 2.24) is 15.4 Å². The highest BCUT2D eigenvalue weighted by Gasteiger charge is 2.11. The van der Waals surface area contributed by atoms with E-state index in [9.17, 15) is 24.8 Å². The van der Waals surface area contributed by atoms with Gasteiger partial charge >= 0.3 is 0 Å². The summed E-state index contributed by atoms with van der Waals surface area (Å²) in [7, 11) is 0. The lowest BCUT2D eigenvalue weighted by atomic mass is 10.2. The Labute approximate surface area is 138 Å². The molecule has 0 saturated heterocycles.